The Labute approximate surface area is 216 Å². The van der Waals surface area contributed by atoms with Gasteiger partial charge in [0.15, 0.2) is 0 Å². The van der Waals surface area contributed by atoms with Crippen molar-refractivity contribution in [3.05, 3.63) is 95.1 Å². The zero-order chi connectivity index (χ0) is 24.0. The number of thioether (sulfide) groups is 2. The van der Waals surface area contributed by atoms with Crippen molar-refractivity contribution in [1.82, 2.24) is 4.90 Å². The van der Waals surface area contributed by atoms with Crippen LogP contribution in [0.25, 0.3) is 0 Å². The van der Waals surface area contributed by atoms with Gasteiger partial charge in [0.05, 0.1) is 11.1 Å². The van der Waals surface area contributed by atoms with Gasteiger partial charge >= 0.3 is 0 Å². The molecule has 1 fully saturated rings. The first-order chi connectivity index (χ1) is 17.2. The molecule has 3 nitrogen and oxygen atoms in total. The van der Waals surface area contributed by atoms with Crippen molar-refractivity contribution in [2.75, 3.05) is 11.5 Å². The van der Waals surface area contributed by atoms with Crippen molar-refractivity contribution in [2.24, 2.45) is 0 Å². The number of amides is 2. The number of rotatable bonds is 9. The summed E-state index contributed by atoms with van der Waals surface area (Å²) in [5.41, 5.74) is 3.81. The Morgan fingerprint density at radius 3 is 1.57 bits per heavy atom. The summed E-state index contributed by atoms with van der Waals surface area (Å²) in [6.07, 6.45) is 7.20. The number of imide groups is 1. The average molecular weight is 502 g/mol. The van der Waals surface area contributed by atoms with Crippen LogP contribution in [0.5, 0.6) is 0 Å². The first kappa shape index (κ1) is 24.2. The largest absolute Gasteiger partial charge is 0.271 e. The molecule has 5 rings (SSSR count). The van der Waals surface area contributed by atoms with E-state index in [4.69, 9.17) is 0 Å². The minimum atomic E-state index is -0.0948. The number of carbonyl (C=O) groups is 2. The smallest absolute Gasteiger partial charge is 0.261 e. The maximum Gasteiger partial charge on any atom is 0.261 e. The van der Waals surface area contributed by atoms with Crippen molar-refractivity contribution in [3.8, 4) is 0 Å². The predicted molar refractivity (Wildman–Crippen MR) is 146 cm³/mol. The lowest BCUT2D eigenvalue weighted by Gasteiger charge is -2.29. The highest BCUT2D eigenvalue weighted by Gasteiger charge is 2.40. The van der Waals surface area contributed by atoms with Crippen molar-refractivity contribution >= 4 is 35.3 Å². The van der Waals surface area contributed by atoms with Crippen molar-refractivity contribution in [2.45, 2.75) is 60.8 Å². The van der Waals surface area contributed by atoms with Gasteiger partial charge in [-0.3, -0.25) is 14.5 Å². The number of carbonyl (C=O) groups excluding carboxylic acids is 2. The number of hydrogen-bond acceptors (Lipinski definition) is 4. The van der Waals surface area contributed by atoms with E-state index in [9.17, 15) is 9.59 Å². The van der Waals surface area contributed by atoms with Gasteiger partial charge in [0.2, 0.25) is 0 Å². The van der Waals surface area contributed by atoms with Gasteiger partial charge < -0.3 is 0 Å². The molecule has 1 heterocycles. The molecule has 0 N–H and O–H groups in total. The van der Waals surface area contributed by atoms with Gasteiger partial charge in [0.1, 0.15) is 0 Å². The van der Waals surface area contributed by atoms with Gasteiger partial charge in [0, 0.05) is 27.3 Å². The molecule has 3 aromatic carbocycles. The molecule has 5 heteroatoms. The number of hydrogen-bond donors (Lipinski definition) is 0. The van der Waals surface area contributed by atoms with E-state index >= 15 is 0 Å². The lowest BCUT2D eigenvalue weighted by atomic mass is 9.94. The normalized spacial score (nSPS) is 16.1. The third-order valence-corrected chi connectivity index (χ3v) is 9.15. The monoisotopic (exact) mass is 501 g/mol. The highest BCUT2D eigenvalue weighted by molar-refractivity contribution is 8.02. The predicted octanol–water partition coefficient (Wildman–Crippen LogP) is 7.28. The Balaban J connectivity index is 1.36. The topological polar surface area (TPSA) is 37.4 Å². The third kappa shape index (κ3) is 5.68. The molecular formula is C30H31NO2S2. The van der Waals surface area contributed by atoms with Gasteiger partial charge in [-0.2, -0.15) is 0 Å². The second-order valence-electron chi connectivity index (χ2n) is 9.28. The molecule has 0 unspecified atom stereocenters. The minimum absolute atomic E-state index is 0.0551. The summed E-state index contributed by atoms with van der Waals surface area (Å²) in [5.74, 6) is 1.68. The second-order valence-corrected chi connectivity index (χ2v) is 11.6. The molecule has 2 amide bonds. The molecule has 35 heavy (non-hydrogen) atoms. The Bertz CT molecular complexity index is 1090. The van der Waals surface area contributed by atoms with E-state index in [0.29, 0.717) is 11.1 Å². The van der Waals surface area contributed by atoms with Crippen LogP contribution in [0.4, 0.5) is 0 Å². The Kier molecular flexibility index (Phi) is 7.95. The van der Waals surface area contributed by atoms with E-state index in [-0.39, 0.29) is 17.9 Å². The molecule has 0 atom stereocenters. The quantitative estimate of drug-likeness (QED) is 0.228. The SMILES string of the molecule is O=C1c2cc(SCCc3ccccc3)c(SCCc3ccccc3)cc2C(=O)N1C1CCCCC1. The van der Waals surface area contributed by atoms with Crippen LogP contribution < -0.4 is 0 Å². The molecule has 0 radical (unpaired) electrons. The number of fused-ring (bicyclic) bond motifs is 1. The van der Waals surface area contributed by atoms with Crippen molar-refractivity contribution in [1.29, 1.82) is 0 Å². The molecule has 1 aliphatic carbocycles. The van der Waals surface area contributed by atoms with Crippen LogP contribution in [-0.2, 0) is 12.8 Å². The van der Waals surface area contributed by atoms with Crippen LogP contribution in [0.2, 0.25) is 0 Å². The Morgan fingerprint density at radius 1 is 0.657 bits per heavy atom. The highest BCUT2D eigenvalue weighted by atomic mass is 32.2. The maximum atomic E-state index is 13.4. The van der Waals surface area contributed by atoms with E-state index in [2.05, 4.69) is 48.5 Å². The summed E-state index contributed by atoms with van der Waals surface area (Å²) in [4.78, 5) is 30.5. The summed E-state index contributed by atoms with van der Waals surface area (Å²) in [6.45, 7) is 0. The molecule has 3 aromatic rings. The molecule has 0 spiro atoms. The summed E-state index contributed by atoms with van der Waals surface area (Å²) >= 11 is 3.58. The van der Waals surface area contributed by atoms with E-state index in [0.717, 1.165) is 59.8 Å². The summed E-state index contributed by atoms with van der Waals surface area (Å²) < 4.78 is 0. The van der Waals surface area contributed by atoms with Gasteiger partial charge in [-0.1, -0.05) is 79.9 Å². The highest BCUT2D eigenvalue weighted by Crippen LogP contribution is 2.39. The minimum Gasteiger partial charge on any atom is -0.271 e. The summed E-state index contributed by atoms with van der Waals surface area (Å²) in [6, 6.07) is 25.1. The lowest BCUT2D eigenvalue weighted by molar-refractivity contribution is 0.0549. The van der Waals surface area contributed by atoms with Crippen LogP contribution in [0.1, 0.15) is 63.9 Å². The van der Waals surface area contributed by atoms with Crippen LogP contribution in [0, 0.1) is 0 Å². The molecule has 2 aliphatic rings. The number of aryl methyl sites for hydroxylation is 2. The molecule has 1 saturated carbocycles. The van der Waals surface area contributed by atoms with Gasteiger partial charge in [-0.25, -0.2) is 0 Å². The molecule has 0 aromatic heterocycles. The Morgan fingerprint density at radius 2 is 1.11 bits per heavy atom. The van der Waals surface area contributed by atoms with Gasteiger partial charge in [0.25, 0.3) is 11.8 Å². The summed E-state index contributed by atoms with van der Waals surface area (Å²) in [7, 11) is 0. The third-order valence-electron chi connectivity index (χ3n) is 6.90. The summed E-state index contributed by atoms with van der Waals surface area (Å²) in [5, 5.41) is 0. The number of nitrogens with zero attached hydrogens (tertiary/aromatic N) is 1. The first-order valence-electron chi connectivity index (χ1n) is 12.6. The molecular weight excluding hydrogens is 470 g/mol. The van der Waals surface area contributed by atoms with Crippen molar-refractivity contribution in [3.63, 3.8) is 0 Å². The fourth-order valence-corrected chi connectivity index (χ4v) is 7.28. The Hall–Kier alpha value is -2.50. The fraction of sp³-hybridized carbons (Fsp3) is 0.333. The van der Waals surface area contributed by atoms with Crippen LogP contribution in [0.15, 0.2) is 82.6 Å². The zero-order valence-corrected chi connectivity index (χ0v) is 21.6. The van der Waals surface area contributed by atoms with Crippen LogP contribution in [0.3, 0.4) is 0 Å². The van der Waals surface area contributed by atoms with Crippen LogP contribution >= 0.6 is 23.5 Å². The van der Waals surface area contributed by atoms with Crippen LogP contribution in [-0.4, -0.2) is 34.3 Å². The van der Waals surface area contributed by atoms with Gasteiger partial charge in [-0.05, 0) is 48.9 Å². The van der Waals surface area contributed by atoms with E-state index < -0.39 is 0 Å². The average Bonchev–Trinajstić information content (AvgIpc) is 3.14. The van der Waals surface area contributed by atoms with E-state index in [1.165, 1.54) is 17.5 Å². The van der Waals surface area contributed by atoms with E-state index in [1.54, 1.807) is 28.4 Å². The molecule has 1 aliphatic heterocycles. The standard InChI is InChI=1S/C30H31NO2S2/c32-29-25-20-27(34-18-16-22-10-4-1-5-11-22)28(35-19-17-23-12-6-2-7-13-23)21-26(25)30(33)31(29)24-14-8-3-9-15-24/h1-2,4-7,10-13,20-21,24H,3,8-9,14-19H2. The molecule has 180 valence electrons. The van der Waals surface area contributed by atoms with Crippen molar-refractivity contribution < 1.29 is 9.59 Å². The zero-order valence-electron chi connectivity index (χ0n) is 19.9. The van der Waals surface area contributed by atoms with E-state index in [1.807, 2.05) is 24.3 Å². The lowest BCUT2D eigenvalue weighted by Crippen LogP contribution is -2.40. The fourth-order valence-electron chi connectivity index (χ4n) is 5.01. The molecule has 0 saturated heterocycles. The first-order valence-corrected chi connectivity index (χ1v) is 14.6. The second kappa shape index (κ2) is 11.5. The maximum absolute atomic E-state index is 13.4. The number of benzene rings is 3. The van der Waals surface area contributed by atoms with Gasteiger partial charge in [-0.15, -0.1) is 23.5 Å². The molecule has 0 bridgehead atoms.